The highest BCUT2D eigenvalue weighted by atomic mass is 35.5. The first kappa shape index (κ1) is 23.5. The maximum atomic E-state index is 12.7. The number of amides is 1. The highest BCUT2D eigenvalue weighted by Gasteiger charge is 2.16. The third-order valence-corrected chi connectivity index (χ3v) is 6.42. The molecule has 1 amide bonds. The lowest BCUT2D eigenvalue weighted by atomic mass is 10.2. The Morgan fingerprint density at radius 3 is 2.44 bits per heavy atom. The topological polar surface area (TPSA) is 79.4 Å². The molecule has 1 heterocycles. The summed E-state index contributed by atoms with van der Waals surface area (Å²) in [4.78, 5) is 18.6. The molecule has 3 aromatic rings. The van der Waals surface area contributed by atoms with Crippen LogP contribution in [-0.2, 0) is 21.4 Å². The van der Waals surface area contributed by atoms with E-state index in [0.29, 0.717) is 22.8 Å². The van der Waals surface area contributed by atoms with Gasteiger partial charge in [0.05, 0.1) is 15.6 Å². The Bertz CT molecular complexity index is 1190. The predicted molar refractivity (Wildman–Crippen MR) is 128 cm³/mol. The summed E-state index contributed by atoms with van der Waals surface area (Å²) in [6.45, 7) is 4.36. The van der Waals surface area contributed by atoms with Crippen molar-refractivity contribution in [1.29, 1.82) is 0 Å². The summed E-state index contributed by atoms with van der Waals surface area (Å²) in [5.74, 6) is -0.138. The highest BCUT2D eigenvalue weighted by Crippen LogP contribution is 2.24. The van der Waals surface area contributed by atoms with Crippen LogP contribution in [0.5, 0.6) is 0 Å². The molecule has 0 atom stereocenters. The molecule has 6 nitrogen and oxygen atoms in total. The zero-order chi connectivity index (χ0) is 23.1. The van der Waals surface area contributed by atoms with Gasteiger partial charge in [0.15, 0.2) is 0 Å². The van der Waals surface area contributed by atoms with E-state index < -0.39 is 10.0 Å². The molecule has 8 heteroatoms. The van der Waals surface area contributed by atoms with E-state index in [1.165, 1.54) is 18.2 Å². The molecule has 2 aromatic carbocycles. The predicted octanol–water partition coefficient (Wildman–Crippen LogP) is 4.99. The minimum atomic E-state index is -3.78. The van der Waals surface area contributed by atoms with Gasteiger partial charge < -0.3 is 4.90 Å². The number of hydrogen-bond acceptors (Lipinski definition) is 4. The van der Waals surface area contributed by atoms with Gasteiger partial charge in [-0.05, 0) is 61.4 Å². The minimum absolute atomic E-state index is 0.00996. The summed E-state index contributed by atoms with van der Waals surface area (Å²) in [7, 11) is -3.78. The number of nitrogens with zero attached hydrogens (tertiary/aromatic N) is 2. The average molecular weight is 470 g/mol. The van der Waals surface area contributed by atoms with Crippen molar-refractivity contribution in [2.45, 2.75) is 31.3 Å². The van der Waals surface area contributed by atoms with Crippen molar-refractivity contribution < 1.29 is 13.2 Å². The molecule has 1 aromatic heterocycles. The summed E-state index contributed by atoms with van der Waals surface area (Å²) >= 11 is 6.04. The monoisotopic (exact) mass is 469 g/mol. The van der Waals surface area contributed by atoms with Crippen LogP contribution in [0, 0.1) is 0 Å². The summed E-state index contributed by atoms with van der Waals surface area (Å²) in [5, 5.41) is 0.315. The summed E-state index contributed by atoms with van der Waals surface area (Å²) in [6.07, 6.45) is 6.59. The molecule has 0 aliphatic carbocycles. The third kappa shape index (κ3) is 6.18. The Kier molecular flexibility index (Phi) is 7.66. The normalized spacial score (nSPS) is 11.6. The molecule has 0 saturated heterocycles. The smallest absolute Gasteiger partial charge is 0.261 e. The van der Waals surface area contributed by atoms with Gasteiger partial charge in [-0.1, -0.05) is 41.9 Å². The molecule has 1 N–H and O–H groups in total. The van der Waals surface area contributed by atoms with Crippen molar-refractivity contribution in [2.75, 3.05) is 4.72 Å². The maximum absolute atomic E-state index is 12.7. The number of rotatable bonds is 8. The van der Waals surface area contributed by atoms with Gasteiger partial charge in [0.1, 0.15) is 0 Å². The van der Waals surface area contributed by atoms with Crippen LogP contribution in [0.15, 0.2) is 84.0 Å². The minimum Gasteiger partial charge on any atom is -0.332 e. The van der Waals surface area contributed by atoms with Crippen LogP contribution in [0.2, 0.25) is 5.02 Å². The Morgan fingerprint density at radius 2 is 1.81 bits per heavy atom. The number of anilines is 1. The number of hydrogen-bond donors (Lipinski definition) is 1. The van der Waals surface area contributed by atoms with Crippen molar-refractivity contribution in [1.82, 2.24) is 9.88 Å². The Morgan fingerprint density at radius 1 is 1.09 bits per heavy atom. The average Bonchev–Trinajstić information content (AvgIpc) is 2.78. The standard InChI is InChI=1S/C24H24ClN3O3S/c1-18(2)28(17-20-6-5-15-26-16-20)24(29)14-11-19-9-12-21(13-10-19)32(30,31)27-23-8-4-3-7-22(23)25/h3-16,18,27H,17H2,1-2H3. The Balaban J connectivity index is 1.70. The quantitative estimate of drug-likeness (QED) is 0.471. The first-order valence-electron chi connectivity index (χ1n) is 10.0. The van der Waals surface area contributed by atoms with E-state index in [9.17, 15) is 13.2 Å². The van der Waals surface area contributed by atoms with Crippen LogP contribution in [-0.4, -0.2) is 30.3 Å². The largest absolute Gasteiger partial charge is 0.332 e. The number of benzene rings is 2. The van der Waals surface area contributed by atoms with E-state index in [4.69, 9.17) is 11.6 Å². The molecule has 32 heavy (non-hydrogen) atoms. The summed E-state index contributed by atoms with van der Waals surface area (Å²) < 4.78 is 27.7. The lowest BCUT2D eigenvalue weighted by Gasteiger charge is -2.25. The second-order valence-corrected chi connectivity index (χ2v) is 9.50. The maximum Gasteiger partial charge on any atom is 0.261 e. The summed E-state index contributed by atoms with van der Waals surface area (Å²) in [5.41, 5.74) is 1.97. The van der Waals surface area contributed by atoms with Gasteiger partial charge in [-0.15, -0.1) is 0 Å². The van der Waals surface area contributed by atoms with Crippen molar-refractivity contribution >= 4 is 39.3 Å². The van der Waals surface area contributed by atoms with Crippen molar-refractivity contribution in [2.24, 2.45) is 0 Å². The first-order chi connectivity index (χ1) is 15.3. The fourth-order valence-electron chi connectivity index (χ4n) is 2.97. The molecule has 3 rings (SSSR count). The van der Waals surface area contributed by atoms with Gasteiger partial charge in [-0.3, -0.25) is 14.5 Å². The Hall–Kier alpha value is -3.16. The van der Waals surface area contributed by atoms with Gasteiger partial charge in [0.2, 0.25) is 5.91 Å². The molecule has 0 aliphatic heterocycles. The molecule has 0 unspecified atom stereocenters. The van der Waals surface area contributed by atoms with Gasteiger partial charge in [0.25, 0.3) is 10.0 Å². The van der Waals surface area contributed by atoms with Crippen molar-refractivity contribution in [3.05, 3.63) is 95.3 Å². The van der Waals surface area contributed by atoms with Gasteiger partial charge in [-0.25, -0.2) is 8.42 Å². The first-order valence-corrected chi connectivity index (χ1v) is 11.9. The van der Waals surface area contributed by atoms with Crippen LogP contribution in [0.4, 0.5) is 5.69 Å². The lowest BCUT2D eigenvalue weighted by Crippen LogP contribution is -2.35. The zero-order valence-corrected chi connectivity index (χ0v) is 19.3. The van der Waals surface area contributed by atoms with E-state index in [0.717, 1.165) is 5.56 Å². The SMILES string of the molecule is CC(C)N(Cc1cccnc1)C(=O)C=Cc1ccc(S(=O)(=O)Nc2ccccc2Cl)cc1. The van der Waals surface area contributed by atoms with Gasteiger partial charge in [-0.2, -0.15) is 0 Å². The van der Waals surface area contributed by atoms with Crippen LogP contribution in [0.25, 0.3) is 6.08 Å². The molecule has 0 bridgehead atoms. The number of sulfonamides is 1. The molecule has 0 fully saturated rings. The molecular formula is C24H24ClN3O3S. The summed E-state index contributed by atoms with van der Waals surface area (Å²) in [6, 6.07) is 16.7. The number of carbonyl (C=O) groups is 1. The van der Waals surface area contributed by atoms with Crippen molar-refractivity contribution in [3.8, 4) is 0 Å². The van der Waals surface area contributed by atoms with Crippen LogP contribution in [0.1, 0.15) is 25.0 Å². The Labute approximate surface area is 193 Å². The lowest BCUT2D eigenvalue weighted by molar-refractivity contribution is -0.128. The fourth-order valence-corrected chi connectivity index (χ4v) is 4.29. The highest BCUT2D eigenvalue weighted by molar-refractivity contribution is 7.92. The van der Waals surface area contributed by atoms with Crippen LogP contribution < -0.4 is 4.72 Å². The van der Waals surface area contributed by atoms with Gasteiger partial charge in [0, 0.05) is 31.1 Å². The molecule has 166 valence electrons. The van der Waals surface area contributed by atoms with Gasteiger partial charge >= 0.3 is 0 Å². The zero-order valence-electron chi connectivity index (χ0n) is 17.8. The van der Waals surface area contributed by atoms with Crippen LogP contribution >= 0.6 is 11.6 Å². The van der Waals surface area contributed by atoms with E-state index in [2.05, 4.69) is 9.71 Å². The molecule has 0 saturated carbocycles. The second kappa shape index (κ2) is 10.4. The second-order valence-electron chi connectivity index (χ2n) is 7.41. The molecule has 0 aliphatic rings. The third-order valence-electron chi connectivity index (χ3n) is 4.71. The molecule has 0 spiro atoms. The van der Waals surface area contributed by atoms with E-state index in [1.807, 2.05) is 26.0 Å². The van der Waals surface area contributed by atoms with E-state index in [1.54, 1.807) is 59.8 Å². The fraction of sp³-hybridized carbons (Fsp3) is 0.167. The number of aromatic nitrogens is 1. The number of halogens is 1. The molecular weight excluding hydrogens is 446 g/mol. The molecule has 0 radical (unpaired) electrons. The van der Waals surface area contributed by atoms with E-state index in [-0.39, 0.29) is 16.8 Å². The van der Waals surface area contributed by atoms with E-state index >= 15 is 0 Å². The number of nitrogens with one attached hydrogen (secondary N) is 1. The van der Waals surface area contributed by atoms with Crippen molar-refractivity contribution in [3.63, 3.8) is 0 Å². The number of carbonyl (C=O) groups excluding carboxylic acids is 1. The number of pyridine rings is 1. The number of para-hydroxylation sites is 1. The van der Waals surface area contributed by atoms with Crippen LogP contribution in [0.3, 0.4) is 0 Å².